The summed E-state index contributed by atoms with van der Waals surface area (Å²) in [5.74, 6) is 0. The third-order valence-corrected chi connectivity index (χ3v) is 5.89. The number of fused-ring (bicyclic) bond motifs is 3. The number of rotatable bonds is 3. The molecule has 1 N–H and O–H groups in total. The monoisotopic (exact) mass is 396 g/mol. The van der Waals surface area contributed by atoms with Crippen LogP contribution < -0.4 is 0 Å². The fourth-order valence-electron chi connectivity index (χ4n) is 4.43. The van der Waals surface area contributed by atoms with Crippen LogP contribution in [0.1, 0.15) is 0 Å². The summed E-state index contributed by atoms with van der Waals surface area (Å²) in [5.41, 5.74) is 9.28. The summed E-state index contributed by atoms with van der Waals surface area (Å²) in [6.45, 7) is 0. The molecule has 4 aromatic carbocycles. The number of nitrogens with zero attached hydrogens (tertiary/aromatic N) is 1. The van der Waals surface area contributed by atoms with Crippen LogP contribution in [0.25, 0.3) is 55.3 Å². The number of aromatic amines is 1. The Morgan fingerprint density at radius 1 is 0.484 bits per heavy atom. The Labute approximate surface area is 180 Å². The standard InChI is InChI=1S/C29H20N2/c1-2-9-20(10-3-1)23-13-7-15-25-26-16-8-14-24(29(26)31-28(23)25)21-11-6-12-22(19-21)27-17-4-5-18-30-27/h1-19,31H. The molecule has 31 heavy (non-hydrogen) atoms. The number of nitrogens with one attached hydrogen (secondary N) is 1. The first-order valence-corrected chi connectivity index (χ1v) is 10.5. The smallest absolute Gasteiger partial charge is 0.0702 e. The maximum absolute atomic E-state index is 4.52. The van der Waals surface area contributed by atoms with Gasteiger partial charge in [-0.25, -0.2) is 0 Å². The van der Waals surface area contributed by atoms with Crippen LogP contribution in [-0.4, -0.2) is 9.97 Å². The summed E-state index contributed by atoms with van der Waals surface area (Å²) < 4.78 is 0. The van der Waals surface area contributed by atoms with Gasteiger partial charge >= 0.3 is 0 Å². The molecule has 2 nitrogen and oxygen atoms in total. The maximum atomic E-state index is 4.52. The number of pyridine rings is 1. The molecule has 0 radical (unpaired) electrons. The van der Waals surface area contributed by atoms with E-state index >= 15 is 0 Å². The highest BCUT2D eigenvalue weighted by Gasteiger charge is 2.13. The number of hydrogen-bond acceptors (Lipinski definition) is 1. The van der Waals surface area contributed by atoms with Crippen molar-refractivity contribution in [3.63, 3.8) is 0 Å². The van der Waals surface area contributed by atoms with Gasteiger partial charge in [-0.1, -0.05) is 91.0 Å². The molecule has 0 atom stereocenters. The van der Waals surface area contributed by atoms with E-state index in [9.17, 15) is 0 Å². The maximum Gasteiger partial charge on any atom is 0.0702 e. The van der Waals surface area contributed by atoms with Gasteiger partial charge in [-0.15, -0.1) is 0 Å². The van der Waals surface area contributed by atoms with E-state index in [0.717, 1.165) is 11.3 Å². The van der Waals surface area contributed by atoms with Crippen LogP contribution >= 0.6 is 0 Å². The molecule has 0 spiro atoms. The Hall–Kier alpha value is -4.17. The summed E-state index contributed by atoms with van der Waals surface area (Å²) in [6.07, 6.45) is 1.84. The molecule has 2 heteroatoms. The zero-order chi connectivity index (χ0) is 20.6. The first-order chi connectivity index (χ1) is 15.4. The van der Waals surface area contributed by atoms with Crippen LogP contribution in [0.4, 0.5) is 0 Å². The van der Waals surface area contributed by atoms with E-state index in [2.05, 4.69) is 107 Å². The fraction of sp³-hybridized carbons (Fsp3) is 0. The highest BCUT2D eigenvalue weighted by atomic mass is 14.7. The molecule has 0 unspecified atom stereocenters. The molecule has 0 aliphatic carbocycles. The van der Waals surface area contributed by atoms with Crippen LogP contribution in [0.3, 0.4) is 0 Å². The summed E-state index contributed by atoms with van der Waals surface area (Å²) in [5, 5.41) is 2.49. The SMILES string of the molecule is c1ccc(-c2cccc3c2[nH]c2c(-c4cccc(-c5ccccn5)c4)cccc23)cc1. The minimum Gasteiger partial charge on any atom is -0.353 e. The summed E-state index contributed by atoms with van der Waals surface area (Å²) in [4.78, 5) is 8.27. The minimum absolute atomic E-state index is 0.986. The molecular weight excluding hydrogens is 376 g/mol. The first kappa shape index (κ1) is 17.7. The van der Waals surface area contributed by atoms with Gasteiger partial charge in [-0.3, -0.25) is 4.98 Å². The number of benzene rings is 4. The molecule has 0 fully saturated rings. The van der Waals surface area contributed by atoms with E-state index in [4.69, 9.17) is 0 Å². The van der Waals surface area contributed by atoms with Crippen LogP contribution in [0, 0.1) is 0 Å². The van der Waals surface area contributed by atoms with Gasteiger partial charge in [-0.2, -0.15) is 0 Å². The highest BCUT2D eigenvalue weighted by Crippen LogP contribution is 2.37. The summed E-state index contributed by atoms with van der Waals surface area (Å²) in [7, 11) is 0. The summed E-state index contributed by atoms with van der Waals surface area (Å²) >= 11 is 0. The molecule has 2 heterocycles. The van der Waals surface area contributed by atoms with Crippen molar-refractivity contribution in [2.75, 3.05) is 0 Å². The normalized spacial score (nSPS) is 11.2. The van der Waals surface area contributed by atoms with Gasteiger partial charge in [0.15, 0.2) is 0 Å². The molecule has 6 rings (SSSR count). The third-order valence-electron chi connectivity index (χ3n) is 5.89. The Kier molecular flexibility index (Phi) is 4.14. The van der Waals surface area contributed by atoms with Gasteiger partial charge < -0.3 is 4.98 Å². The van der Waals surface area contributed by atoms with Gasteiger partial charge in [0, 0.05) is 33.7 Å². The second-order valence-electron chi connectivity index (χ2n) is 7.74. The lowest BCUT2D eigenvalue weighted by atomic mass is 9.98. The molecule has 0 saturated heterocycles. The van der Waals surface area contributed by atoms with Crippen molar-refractivity contribution in [3.8, 4) is 33.5 Å². The second kappa shape index (κ2) is 7.26. The van der Waals surface area contributed by atoms with Crippen LogP contribution in [-0.2, 0) is 0 Å². The number of aromatic nitrogens is 2. The van der Waals surface area contributed by atoms with Gasteiger partial charge in [0.05, 0.1) is 16.7 Å². The van der Waals surface area contributed by atoms with Gasteiger partial charge in [0.2, 0.25) is 0 Å². The Bertz CT molecular complexity index is 1510. The summed E-state index contributed by atoms with van der Waals surface area (Å²) in [6, 6.07) is 38.3. The van der Waals surface area contributed by atoms with E-state index in [-0.39, 0.29) is 0 Å². The molecule has 6 aromatic rings. The molecular formula is C29H20N2. The topological polar surface area (TPSA) is 28.7 Å². The van der Waals surface area contributed by atoms with Crippen molar-refractivity contribution >= 4 is 21.8 Å². The van der Waals surface area contributed by atoms with Crippen molar-refractivity contribution in [2.24, 2.45) is 0 Å². The van der Waals surface area contributed by atoms with Gasteiger partial charge in [-0.05, 0) is 29.3 Å². The van der Waals surface area contributed by atoms with E-state index in [1.165, 1.54) is 44.1 Å². The third kappa shape index (κ3) is 3.01. The molecule has 146 valence electrons. The zero-order valence-corrected chi connectivity index (χ0v) is 16.9. The largest absolute Gasteiger partial charge is 0.353 e. The molecule has 0 saturated carbocycles. The van der Waals surface area contributed by atoms with E-state index in [1.807, 2.05) is 18.3 Å². The Morgan fingerprint density at radius 3 is 1.81 bits per heavy atom. The van der Waals surface area contributed by atoms with E-state index in [0.29, 0.717) is 0 Å². The van der Waals surface area contributed by atoms with Gasteiger partial charge in [0.1, 0.15) is 0 Å². The Balaban J connectivity index is 1.58. The Morgan fingerprint density at radius 2 is 1.10 bits per heavy atom. The predicted molar refractivity (Wildman–Crippen MR) is 130 cm³/mol. The van der Waals surface area contributed by atoms with Crippen LogP contribution in [0.2, 0.25) is 0 Å². The lowest BCUT2D eigenvalue weighted by Gasteiger charge is -2.07. The average Bonchev–Trinajstić information content (AvgIpc) is 3.24. The minimum atomic E-state index is 0.986. The lowest BCUT2D eigenvalue weighted by molar-refractivity contribution is 1.33. The number of H-pyrrole nitrogens is 1. The van der Waals surface area contributed by atoms with Gasteiger partial charge in [0.25, 0.3) is 0 Å². The lowest BCUT2D eigenvalue weighted by Crippen LogP contribution is -1.85. The zero-order valence-electron chi connectivity index (χ0n) is 16.9. The van der Waals surface area contributed by atoms with Crippen molar-refractivity contribution in [3.05, 3.63) is 115 Å². The van der Waals surface area contributed by atoms with E-state index < -0.39 is 0 Å². The first-order valence-electron chi connectivity index (χ1n) is 10.5. The average molecular weight is 396 g/mol. The second-order valence-corrected chi connectivity index (χ2v) is 7.74. The van der Waals surface area contributed by atoms with Crippen LogP contribution in [0.15, 0.2) is 115 Å². The molecule has 0 amide bonds. The number of hydrogen-bond donors (Lipinski definition) is 1. The molecule has 0 bridgehead atoms. The molecule has 0 aliphatic heterocycles. The quantitative estimate of drug-likeness (QED) is 0.326. The molecule has 0 aliphatic rings. The predicted octanol–water partition coefficient (Wildman–Crippen LogP) is 7.72. The van der Waals surface area contributed by atoms with Crippen molar-refractivity contribution in [2.45, 2.75) is 0 Å². The van der Waals surface area contributed by atoms with Crippen molar-refractivity contribution in [1.29, 1.82) is 0 Å². The van der Waals surface area contributed by atoms with Crippen LogP contribution in [0.5, 0.6) is 0 Å². The fourth-order valence-corrected chi connectivity index (χ4v) is 4.43. The number of para-hydroxylation sites is 2. The molecule has 2 aromatic heterocycles. The van der Waals surface area contributed by atoms with Crippen molar-refractivity contribution < 1.29 is 0 Å². The highest BCUT2D eigenvalue weighted by molar-refractivity contribution is 6.15. The van der Waals surface area contributed by atoms with E-state index in [1.54, 1.807) is 0 Å². The van der Waals surface area contributed by atoms with Crippen molar-refractivity contribution in [1.82, 2.24) is 9.97 Å².